The molecule has 0 aliphatic carbocycles. The van der Waals surface area contributed by atoms with Gasteiger partial charge >= 0.3 is 0 Å². The molecule has 2 rings (SSSR count). The molecule has 1 aromatic carbocycles. The first kappa shape index (κ1) is 12.3. The molecule has 0 radical (unpaired) electrons. The lowest BCUT2D eigenvalue weighted by molar-refractivity contribution is 0.0996. The van der Waals surface area contributed by atoms with Gasteiger partial charge in [0.25, 0.3) is 0 Å². The quantitative estimate of drug-likeness (QED) is 0.760. The Balaban J connectivity index is 2.25. The molecule has 0 saturated heterocycles. The third kappa shape index (κ3) is 2.56. The van der Waals surface area contributed by atoms with Crippen LogP contribution in [0.3, 0.4) is 0 Å². The Hall–Kier alpha value is -1.19. The molecule has 0 spiro atoms. The summed E-state index contributed by atoms with van der Waals surface area (Å²) >= 11 is 7.22. The fourth-order valence-electron chi connectivity index (χ4n) is 1.60. The number of thiophene rings is 1. The Morgan fingerprint density at radius 3 is 2.82 bits per heavy atom. The molecule has 0 N–H and O–H groups in total. The lowest BCUT2D eigenvalue weighted by atomic mass is 10.1. The number of rotatable bonds is 3. The van der Waals surface area contributed by atoms with Crippen molar-refractivity contribution in [2.45, 2.75) is 13.3 Å². The van der Waals surface area contributed by atoms with Crippen molar-refractivity contribution in [3.63, 3.8) is 0 Å². The van der Waals surface area contributed by atoms with E-state index in [1.807, 2.05) is 18.4 Å². The van der Waals surface area contributed by atoms with Crippen LogP contribution in [0.4, 0.5) is 4.39 Å². The van der Waals surface area contributed by atoms with Crippen molar-refractivity contribution in [3.8, 4) is 0 Å². The minimum absolute atomic E-state index is 0.0231. The summed E-state index contributed by atoms with van der Waals surface area (Å²) in [6.07, 6.45) is 0.137. The Kier molecular flexibility index (Phi) is 3.60. The Morgan fingerprint density at radius 1 is 1.41 bits per heavy atom. The fourth-order valence-corrected chi connectivity index (χ4v) is 2.66. The third-order valence-corrected chi connectivity index (χ3v) is 3.98. The highest BCUT2D eigenvalue weighted by Crippen LogP contribution is 2.23. The van der Waals surface area contributed by atoms with E-state index in [1.165, 1.54) is 17.4 Å². The van der Waals surface area contributed by atoms with E-state index in [-0.39, 0.29) is 17.2 Å². The Labute approximate surface area is 108 Å². The summed E-state index contributed by atoms with van der Waals surface area (Å²) < 4.78 is 13.2. The SMILES string of the molecule is Cc1ccsc1C(=O)Cc1cccc(F)c1Cl. The zero-order valence-corrected chi connectivity index (χ0v) is 10.7. The van der Waals surface area contributed by atoms with E-state index >= 15 is 0 Å². The molecule has 2 aromatic rings. The molecule has 1 aromatic heterocycles. The second-order valence-corrected chi connectivity index (χ2v) is 5.04. The lowest BCUT2D eigenvalue weighted by Crippen LogP contribution is -2.03. The third-order valence-electron chi connectivity index (χ3n) is 2.50. The first-order chi connectivity index (χ1) is 8.09. The molecule has 0 bridgehead atoms. The molecule has 0 aliphatic rings. The van der Waals surface area contributed by atoms with Crippen molar-refractivity contribution in [1.82, 2.24) is 0 Å². The number of ketones is 1. The van der Waals surface area contributed by atoms with Gasteiger partial charge in [-0.25, -0.2) is 4.39 Å². The van der Waals surface area contributed by atoms with Crippen LogP contribution >= 0.6 is 22.9 Å². The molecule has 1 heterocycles. The van der Waals surface area contributed by atoms with Gasteiger partial charge in [-0.05, 0) is 35.6 Å². The molecular weight excluding hydrogens is 259 g/mol. The molecule has 88 valence electrons. The minimum Gasteiger partial charge on any atom is -0.293 e. The van der Waals surface area contributed by atoms with E-state index in [0.717, 1.165) is 5.56 Å². The van der Waals surface area contributed by atoms with Crippen molar-refractivity contribution in [3.05, 3.63) is 56.5 Å². The molecule has 1 nitrogen and oxygen atoms in total. The van der Waals surface area contributed by atoms with Crippen molar-refractivity contribution >= 4 is 28.7 Å². The smallest absolute Gasteiger partial charge is 0.177 e. The van der Waals surface area contributed by atoms with E-state index in [1.54, 1.807) is 12.1 Å². The summed E-state index contributed by atoms with van der Waals surface area (Å²) in [5, 5.41) is 1.91. The van der Waals surface area contributed by atoms with Gasteiger partial charge in [0.05, 0.1) is 9.90 Å². The second-order valence-electron chi connectivity index (χ2n) is 3.75. The van der Waals surface area contributed by atoms with Gasteiger partial charge in [0, 0.05) is 6.42 Å². The highest BCUT2D eigenvalue weighted by atomic mass is 35.5. The number of Topliss-reactive ketones (excluding diaryl/α,β-unsaturated/α-hetero) is 1. The molecule has 0 amide bonds. The van der Waals surface area contributed by atoms with Gasteiger partial charge in [0.2, 0.25) is 0 Å². The van der Waals surface area contributed by atoms with Crippen LogP contribution in [0.5, 0.6) is 0 Å². The molecule has 0 saturated carbocycles. The van der Waals surface area contributed by atoms with Crippen molar-refractivity contribution in [2.75, 3.05) is 0 Å². The van der Waals surface area contributed by atoms with E-state index in [0.29, 0.717) is 10.4 Å². The summed E-state index contributed by atoms with van der Waals surface area (Å²) in [7, 11) is 0. The van der Waals surface area contributed by atoms with Crippen molar-refractivity contribution in [2.24, 2.45) is 0 Å². The average molecular weight is 269 g/mol. The van der Waals surface area contributed by atoms with Gasteiger partial charge in [-0.15, -0.1) is 11.3 Å². The number of hydrogen-bond acceptors (Lipinski definition) is 2. The zero-order chi connectivity index (χ0) is 12.4. The van der Waals surface area contributed by atoms with Gasteiger partial charge in [-0.2, -0.15) is 0 Å². The topological polar surface area (TPSA) is 17.1 Å². The van der Waals surface area contributed by atoms with Gasteiger partial charge in [0.1, 0.15) is 5.82 Å². The largest absolute Gasteiger partial charge is 0.293 e. The summed E-state index contributed by atoms with van der Waals surface area (Å²) in [5.74, 6) is -0.509. The zero-order valence-electron chi connectivity index (χ0n) is 9.17. The van der Waals surface area contributed by atoms with E-state index in [9.17, 15) is 9.18 Å². The highest BCUT2D eigenvalue weighted by molar-refractivity contribution is 7.12. The van der Waals surface area contributed by atoms with Crippen LogP contribution in [-0.4, -0.2) is 5.78 Å². The van der Waals surface area contributed by atoms with Crippen LogP contribution < -0.4 is 0 Å². The van der Waals surface area contributed by atoms with Crippen LogP contribution in [0.1, 0.15) is 20.8 Å². The van der Waals surface area contributed by atoms with Gasteiger partial charge in [-0.1, -0.05) is 23.7 Å². The lowest BCUT2D eigenvalue weighted by Gasteiger charge is -2.04. The van der Waals surface area contributed by atoms with Crippen LogP contribution in [0, 0.1) is 12.7 Å². The predicted molar refractivity (Wildman–Crippen MR) is 68.5 cm³/mol. The maximum absolute atomic E-state index is 13.2. The van der Waals surface area contributed by atoms with E-state index < -0.39 is 5.82 Å². The summed E-state index contributed by atoms with van der Waals surface area (Å²) in [5.41, 5.74) is 1.48. The second kappa shape index (κ2) is 4.98. The van der Waals surface area contributed by atoms with Gasteiger partial charge < -0.3 is 0 Å². The number of hydrogen-bond donors (Lipinski definition) is 0. The molecule has 0 aliphatic heterocycles. The van der Waals surface area contributed by atoms with Gasteiger partial charge in [0.15, 0.2) is 5.78 Å². The summed E-state index contributed by atoms with van der Waals surface area (Å²) in [4.78, 5) is 12.7. The maximum atomic E-state index is 13.2. The van der Waals surface area contributed by atoms with Crippen LogP contribution in [0.2, 0.25) is 5.02 Å². The van der Waals surface area contributed by atoms with Crippen LogP contribution in [-0.2, 0) is 6.42 Å². The highest BCUT2D eigenvalue weighted by Gasteiger charge is 2.14. The van der Waals surface area contributed by atoms with Crippen LogP contribution in [0.25, 0.3) is 0 Å². The Morgan fingerprint density at radius 2 is 2.18 bits per heavy atom. The van der Waals surface area contributed by atoms with E-state index in [4.69, 9.17) is 11.6 Å². The number of carbonyl (C=O) groups is 1. The first-order valence-corrected chi connectivity index (χ1v) is 6.35. The fraction of sp³-hybridized carbons (Fsp3) is 0.154. The van der Waals surface area contributed by atoms with Gasteiger partial charge in [-0.3, -0.25) is 4.79 Å². The molecule has 0 unspecified atom stereocenters. The first-order valence-electron chi connectivity index (χ1n) is 5.10. The number of carbonyl (C=O) groups excluding carboxylic acids is 1. The predicted octanol–water partition coefficient (Wildman–Crippen LogP) is 4.27. The number of benzene rings is 1. The average Bonchev–Trinajstić information content (AvgIpc) is 2.71. The number of aryl methyl sites for hydroxylation is 1. The molecule has 0 fully saturated rings. The van der Waals surface area contributed by atoms with E-state index in [2.05, 4.69) is 0 Å². The monoisotopic (exact) mass is 268 g/mol. The molecule has 4 heteroatoms. The van der Waals surface area contributed by atoms with Crippen LogP contribution in [0.15, 0.2) is 29.6 Å². The number of halogens is 2. The standard InChI is InChI=1S/C13H10ClFOS/c1-8-5-6-17-13(8)11(16)7-9-3-2-4-10(15)12(9)14/h2-6H,7H2,1H3. The minimum atomic E-state index is -0.486. The van der Waals surface area contributed by atoms with Crippen molar-refractivity contribution in [1.29, 1.82) is 0 Å². The summed E-state index contributed by atoms with van der Waals surface area (Å²) in [6, 6.07) is 6.41. The molecule has 0 atom stereocenters. The molecular formula is C13H10ClFOS. The summed E-state index contributed by atoms with van der Waals surface area (Å²) in [6.45, 7) is 1.89. The maximum Gasteiger partial charge on any atom is 0.177 e. The Bertz CT molecular complexity index is 562. The van der Waals surface area contributed by atoms with Crippen molar-refractivity contribution < 1.29 is 9.18 Å². The normalized spacial score (nSPS) is 10.5. The molecule has 17 heavy (non-hydrogen) atoms.